The second-order valence-corrected chi connectivity index (χ2v) is 9.56. The van der Waals surface area contributed by atoms with E-state index in [1.165, 1.54) is 24.3 Å². The minimum absolute atomic E-state index is 0.0343. The molecule has 3 atom stereocenters. The van der Waals surface area contributed by atoms with Crippen molar-refractivity contribution in [3.63, 3.8) is 0 Å². The number of carbonyl (C=O) groups excluding carboxylic acids is 4. The van der Waals surface area contributed by atoms with E-state index in [0.29, 0.717) is 16.2 Å². The van der Waals surface area contributed by atoms with Gasteiger partial charge in [-0.2, -0.15) is 5.06 Å². The number of hydrogen-bond donors (Lipinski definition) is 1. The van der Waals surface area contributed by atoms with Crippen molar-refractivity contribution >= 4 is 29.6 Å². The highest BCUT2D eigenvalue weighted by atomic mass is 16.8. The van der Waals surface area contributed by atoms with E-state index in [4.69, 9.17) is 19.0 Å². The van der Waals surface area contributed by atoms with Crippen LogP contribution in [0.2, 0.25) is 0 Å². The van der Waals surface area contributed by atoms with Crippen molar-refractivity contribution in [2.24, 2.45) is 0 Å². The van der Waals surface area contributed by atoms with Gasteiger partial charge in [0.15, 0.2) is 0 Å². The molecule has 216 valence electrons. The van der Waals surface area contributed by atoms with Gasteiger partial charge in [-0.05, 0) is 28.8 Å². The molecule has 2 aliphatic rings. The first kappa shape index (κ1) is 28.2. The van der Waals surface area contributed by atoms with Crippen molar-refractivity contribution in [2.75, 3.05) is 6.61 Å². The van der Waals surface area contributed by atoms with Gasteiger partial charge in [0.1, 0.15) is 25.9 Å². The number of nitrogens with zero attached hydrogens (tertiary/aromatic N) is 2. The number of carbonyl (C=O) groups is 4. The maximum Gasteiger partial charge on any atom is 0.408 e. The molecule has 13 nitrogen and oxygen atoms in total. The van der Waals surface area contributed by atoms with Crippen molar-refractivity contribution in [3.05, 3.63) is 112 Å². The molecule has 0 aromatic heterocycles. The van der Waals surface area contributed by atoms with E-state index in [2.05, 4.69) is 5.32 Å². The Hall–Kier alpha value is -5.30. The van der Waals surface area contributed by atoms with Crippen molar-refractivity contribution in [3.8, 4) is 0 Å². The molecule has 2 fully saturated rings. The van der Waals surface area contributed by atoms with Crippen molar-refractivity contribution in [2.45, 2.75) is 37.3 Å². The quantitative estimate of drug-likeness (QED) is 0.173. The number of nitro benzene ring substituents is 1. The third kappa shape index (κ3) is 5.90. The fourth-order valence-electron chi connectivity index (χ4n) is 4.60. The molecule has 3 aromatic carbocycles. The number of nitro groups is 1. The van der Waals surface area contributed by atoms with E-state index < -0.39 is 46.5 Å². The van der Waals surface area contributed by atoms with Crippen LogP contribution in [0.1, 0.15) is 29.0 Å². The van der Waals surface area contributed by atoms with E-state index in [1.807, 2.05) is 6.07 Å². The summed E-state index contributed by atoms with van der Waals surface area (Å²) in [5, 5.41) is 14.0. The van der Waals surface area contributed by atoms with Gasteiger partial charge in [-0.1, -0.05) is 60.7 Å². The van der Waals surface area contributed by atoms with E-state index in [1.54, 1.807) is 54.6 Å². The summed E-state index contributed by atoms with van der Waals surface area (Å²) in [6.07, 6.45) is -1.20. The summed E-state index contributed by atoms with van der Waals surface area (Å²) in [7, 11) is 0. The van der Waals surface area contributed by atoms with Crippen LogP contribution in [0, 0.1) is 10.1 Å². The lowest BCUT2D eigenvalue weighted by atomic mass is 9.93. The highest BCUT2D eigenvalue weighted by molar-refractivity contribution is 5.95. The molecule has 0 bridgehead atoms. The van der Waals surface area contributed by atoms with Gasteiger partial charge >= 0.3 is 23.8 Å². The molecule has 0 spiro atoms. The first-order chi connectivity index (χ1) is 20.3. The molecule has 2 aliphatic heterocycles. The van der Waals surface area contributed by atoms with E-state index in [9.17, 15) is 29.3 Å². The SMILES string of the molecule is O=C(N[C@H]1CON(C2(C(=O)OCc3ccc([N+](=O)[O-])cc3)CC(c3ccccc3)C(=O)O2)C1=O)OCc1ccccc1. The minimum atomic E-state index is -2.29. The second-order valence-electron chi connectivity index (χ2n) is 9.56. The predicted molar refractivity (Wildman–Crippen MR) is 142 cm³/mol. The first-order valence-corrected chi connectivity index (χ1v) is 12.9. The second kappa shape index (κ2) is 12.1. The summed E-state index contributed by atoms with van der Waals surface area (Å²) >= 11 is 0. The zero-order chi connectivity index (χ0) is 29.7. The number of rotatable bonds is 9. The molecule has 0 aliphatic carbocycles. The average molecular weight is 576 g/mol. The largest absolute Gasteiger partial charge is 0.456 e. The van der Waals surface area contributed by atoms with E-state index >= 15 is 0 Å². The predicted octanol–water partition coefficient (Wildman–Crippen LogP) is 3.13. The van der Waals surface area contributed by atoms with Crippen LogP contribution in [0.4, 0.5) is 10.5 Å². The highest BCUT2D eigenvalue weighted by Gasteiger charge is 2.63. The molecular weight excluding hydrogens is 550 g/mol. The summed E-state index contributed by atoms with van der Waals surface area (Å²) in [6, 6.07) is 21.6. The topological polar surface area (TPSA) is 164 Å². The lowest BCUT2D eigenvalue weighted by Gasteiger charge is -2.32. The van der Waals surface area contributed by atoms with Gasteiger partial charge < -0.3 is 19.5 Å². The number of benzene rings is 3. The number of alkyl carbamates (subject to hydrolysis) is 1. The summed E-state index contributed by atoms with van der Waals surface area (Å²) in [4.78, 5) is 68.3. The summed E-state index contributed by atoms with van der Waals surface area (Å²) in [5.41, 5.74) is -0.725. The van der Waals surface area contributed by atoms with Crippen LogP contribution in [0.25, 0.3) is 0 Å². The maximum atomic E-state index is 13.6. The normalized spacial score (nSPS) is 21.5. The zero-order valence-electron chi connectivity index (χ0n) is 22.0. The van der Waals surface area contributed by atoms with Crippen LogP contribution in [0.5, 0.6) is 0 Å². The van der Waals surface area contributed by atoms with E-state index in [0.717, 1.165) is 5.56 Å². The standard InChI is InChI=1S/C29H25N3O10/c33-25-24(30-28(36)40-17-19-7-3-1-4-8-19)18-41-31(25)29(15-23(26(34)42-29)21-9-5-2-6-10-21)27(35)39-16-20-11-13-22(14-12-20)32(37)38/h1-14,23-24H,15-18H2,(H,30,36)/t23?,24-,29?/m0/s1. The van der Waals surface area contributed by atoms with Crippen LogP contribution in [0.3, 0.4) is 0 Å². The van der Waals surface area contributed by atoms with Crippen LogP contribution in [-0.4, -0.2) is 52.3 Å². The molecule has 2 heterocycles. The third-order valence-electron chi connectivity index (χ3n) is 6.77. The first-order valence-electron chi connectivity index (χ1n) is 12.9. The van der Waals surface area contributed by atoms with Gasteiger partial charge in [-0.3, -0.25) is 24.5 Å². The summed E-state index contributed by atoms with van der Waals surface area (Å²) in [6.45, 7) is -0.723. The number of hydrogen-bond acceptors (Lipinski definition) is 10. The van der Waals surface area contributed by atoms with Gasteiger partial charge in [0.2, 0.25) is 0 Å². The van der Waals surface area contributed by atoms with Crippen molar-refractivity contribution < 1.29 is 43.1 Å². The molecule has 2 saturated heterocycles. The molecule has 3 aromatic rings. The Labute approximate surface area is 239 Å². The summed E-state index contributed by atoms with van der Waals surface area (Å²) < 4.78 is 16.2. The molecule has 42 heavy (non-hydrogen) atoms. The van der Waals surface area contributed by atoms with Crippen molar-refractivity contribution in [1.82, 2.24) is 10.4 Å². The van der Waals surface area contributed by atoms with E-state index in [-0.39, 0.29) is 31.9 Å². The number of non-ortho nitro benzene ring substituents is 1. The summed E-state index contributed by atoms with van der Waals surface area (Å²) in [5.74, 6) is -3.63. The smallest absolute Gasteiger partial charge is 0.408 e. The Balaban J connectivity index is 1.32. The molecule has 2 unspecified atom stereocenters. The molecule has 13 heteroatoms. The monoisotopic (exact) mass is 575 g/mol. The number of amides is 2. The van der Waals surface area contributed by atoms with Gasteiger partial charge in [0, 0.05) is 18.6 Å². The Morgan fingerprint density at radius 3 is 2.21 bits per heavy atom. The molecular formula is C29H25N3O10. The van der Waals surface area contributed by atoms with Crippen LogP contribution in [-0.2, 0) is 46.6 Å². The number of esters is 2. The van der Waals surface area contributed by atoms with Crippen LogP contribution < -0.4 is 5.32 Å². The fraction of sp³-hybridized carbons (Fsp3) is 0.241. The molecule has 0 saturated carbocycles. The lowest BCUT2D eigenvalue weighted by molar-refractivity contribution is -0.384. The van der Waals surface area contributed by atoms with Gasteiger partial charge in [0.05, 0.1) is 10.8 Å². The molecule has 1 N–H and O–H groups in total. The van der Waals surface area contributed by atoms with Crippen LogP contribution >= 0.6 is 0 Å². The van der Waals surface area contributed by atoms with Gasteiger partial charge in [-0.25, -0.2) is 9.59 Å². The van der Waals surface area contributed by atoms with Gasteiger partial charge in [0.25, 0.3) is 11.6 Å². The molecule has 5 rings (SSSR count). The van der Waals surface area contributed by atoms with Crippen molar-refractivity contribution in [1.29, 1.82) is 0 Å². The zero-order valence-corrected chi connectivity index (χ0v) is 22.0. The Morgan fingerprint density at radius 1 is 0.929 bits per heavy atom. The average Bonchev–Trinajstić information content (AvgIpc) is 3.55. The number of nitrogens with one attached hydrogen (secondary N) is 1. The lowest BCUT2D eigenvalue weighted by Crippen LogP contribution is -2.57. The Bertz CT molecular complexity index is 1480. The fourth-order valence-corrected chi connectivity index (χ4v) is 4.60. The van der Waals surface area contributed by atoms with Crippen LogP contribution in [0.15, 0.2) is 84.9 Å². The number of ether oxygens (including phenoxy) is 3. The number of cyclic esters (lactones) is 1. The minimum Gasteiger partial charge on any atom is -0.456 e. The Morgan fingerprint density at radius 2 is 1.55 bits per heavy atom. The molecule has 2 amide bonds. The number of hydroxylamine groups is 2. The highest BCUT2D eigenvalue weighted by Crippen LogP contribution is 2.42. The third-order valence-corrected chi connectivity index (χ3v) is 6.77. The Kier molecular flexibility index (Phi) is 8.11. The van der Waals surface area contributed by atoms with Gasteiger partial charge in [-0.15, -0.1) is 0 Å². The maximum absolute atomic E-state index is 13.6. The molecule has 0 radical (unpaired) electrons.